The molecule has 402 valence electrons. The van der Waals surface area contributed by atoms with Crippen molar-refractivity contribution in [1.29, 1.82) is 0 Å². The zero-order valence-electron chi connectivity index (χ0n) is 44.1. The van der Waals surface area contributed by atoms with Crippen molar-refractivity contribution < 1.29 is 77.1 Å². The molecule has 0 radical (unpaired) electrons. The normalized spacial score (nSPS) is 13.6. The molecule has 0 aliphatic rings. The fourth-order valence-electron chi connectivity index (χ4n) is 6.64. The van der Waals surface area contributed by atoms with Gasteiger partial charge in [-0.25, -0.2) is 19.2 Å². The quantitative estimate of drug-likeness (QED) is 0.0240. The molecule has 0 heterocycles. The third kappa shape index (κ3) is 35.8. The standard InChI is InChI=1S/C50H86N4O16/c1-47(2,3)67-42(61)24-22-20-18-16-14-13-15-17-19-21-23-37(55)52-34(44(64)68-48(4,5)6)26-30-39(57)54-36(46(66)70-50(10,11)12)27-31-40(58)53-35(45(65)69-49(7,8)9)25-29-38(56)51-33(43(62)63)28-32-41(59)60/h33-36H,13-32H2,1-12H3,(H,51,56)(H,52,55)(H,53,58)(H,54,57)(H,59,60)(H,62,63)/t33-,34-,35-,36-/m0/s1. The summed E-state index contributed by atoms with van der Waals surface area (Å²) in [5.74, 6) is -8.05. The maximum Gasteiger partial charge on any atom is 0.329 e. The number of amides is 4. The highest BCUT2D eigenvalue weighted by Gasteiger charge is 2.32. The Morgan fingerprint density at radius 1 is 0.343 bits per heavy atom. The van der Waals surface area contributed by atoms with E-state index in [4.69, 9.17) is 24.1 Å². The lowest BCUT2D eigenvalue weighted by atomic mass is 10.0. The number of carbonyl (C=O) groups excluding carboxylic acids is 8. The SMILES string of the molecule is CC(C)(C)OC(=O)CCCCCCCCCCCCC(=O)N[C@@H](CCC(=O)N[C@@H](CCC(=O)N[C@@H](CCC(=O)N[C@@H](CCC(=O)O)C(=O)O)C(=O)OC(C)(C)C)C(=O)OC(C)(C)C)C(=O)OC(C)(C)C. The molecular formula is C50H86N4O16. The first-order valence-electron chi connectivity index (χ1n) is 24.7. The molecule has 0 aromatic heterocycles. The van der Waals surface area contributed by atoms with Crippen LogP contribution in [0, 0.1) is 0 Å². The average molecular weight is 999 g/mol. The van der Waals surface area contributed by atoms with Gasteiger partial charge in [-0.15, -0.1) is 0 Å². The molecule has 6 N–H and O–H groups in total. The third-order valence-electron chi connectivity index (χ3n) is 9.79. The number of carboxylic acids is 2. The number of hydrogen-bond acceptors (Lipinski definition) is 14. The molecule has 0 aliphatic heterocycles. The maximum absolute atomic E-state index is 13.4. The summed E-state index contributed by atoms with van der Waals surface area (Å²) in [4.78, 5) is 126. The third-order valence-corrected chi connectivity index (χ3v) is 9.79. The van der Waals surface area contributed by atoms with Crippen molar-refractivity contribution in [2.75, 3.05) is 0 Å². The molecule has 70 heavy (non-hydrogen) atoms. The van der Waals surface area contributed by atoms with E-state index in [1.807, 2.05) is 20.8 Å². The van der Waals surface area contributed by atoms with Crippen molar-refractivity contribution in [3.05, 3.63) is 0 Å². The lowest BCUT2D eigenvalue weighted by Gasteiger charge is -2.26. The average Bonchev–Trinajstić information content (AvgIpc) is 3.18. The lowest BCUT2D eigenvalue weighted by Crippen LogP contribution is -2.48. The molecule has 0 saturated heterocycles. The number of unbranched alkanes of at least 4 members (excludes halogenated alkanes) is 9. The van der Waals surface area contributed by atoms with Crippen LogP contribution >= 0.6 is 0 Å². The van der Waals surface area contributed by atoms with Crippen molar-refractivity contribution >= 4 is 59.4 Å². The summed E-state index contributed by atoms with van der Waals surface area (Å²) in [5, 5.41) is 28.3. The predicted octanol–water partition coefficient (Wildman–Crippen LogP) is 6.26. The van der Waals surface area contributed by atoms with Crippen LogP contribution in [-0.4, -0.2) is 116 Å². The van der Waals surface area contributed by atoms with Crippen LogP contribution in [0.5, 0.6) is 0 Å². The maximum atomic E-state index is 13.4. The second-order valence-corrected chi connectivity index (χ2v) is 21.6. The van der Waals surface area contributed by atoms with Crippen LogP contribution in [0.15, 0.2) is 0 Å². The molecular weight excluding hydrogens is 913 g/mol. The zero-order chi connectivity index (χ0) is 53.9. The van der Waals surface area contributed by atoms with E-state index in [0.717, 1.165) is 57.8 Å². The van der Waals surface area contributed by atoms with Crippen molar-refractivity contribution in [2.45, 2.75) is 258 Å². The summed E-state index contributed by atoms with van der Waals surface area (Å²) >= 11 is 0. The van der Waals surface area contributed by atoms with Gasteiger partial charge in [-0.3, -0.25) is 28.8 Å². The number of aliphatic carboxylic acids is 2. The Kier molecular flexibility index (Phi) is 29.4. The Morgan fingerprint density at radius 3 is 0.886 bits per heavy atom. The van der Waals surface area contributed by atoms with Crippen LogP contribution in [0.4, 0.5) is 0 Å². The number of nitrogens with one attached hydrogen (secondary N) is 4. The molecule has 0 saturated carbocycles. The van der Waals surface area contributed by atoms with E-state index in [0.29, 0.717) is 12.8 Å². The summed E-state index contributed by atoms with van der Waals surface area (Å²) < 4.78 is 21.8. The van der Waals surface area contributed by atoms with Gasteiger partial charge in [0.15, 0.2) is 0 Å². The van der Waals surface area contributed by atoms with Crippen LogP contribution in [0.25, 0.3) is 0 Å². The molecule has 0 unspecified atom stereocenters. The molecule has 0 rings (SSSR count). The molecule has 4 atom stereocenters. The highest BCUT2D eigenvalue weighted by Crippen LogP contribution is 2.17. The van der Waals surface area contributed by atoms with Crippen molar-refractivity contribution in [2.24, 2.45) is 0 Å². The van der Waals surface area contributed by atoms with Gasteiger partial charge in [0.25, 0.3) is 0 Å². The van der Waals surface area contributed by atoms with Gasteiger partial charge in [0.2, 0.25) is 23.6 Å². The number of carboxylic acid groups (broad SMARTS) is 2. The first-order valence-corrected chi connectivity index (χ1v) is 24.7. The van der Waals surface area contributed by atoms with E-state index in [9.17, 15) is 53.1 Å². The number of esters is 4. The fourth-order valence-corrected chi connectivity index (χ4v) is 6.64. The van der Waals surface area contributed by atoms with Crippen molar-refractivity contribution in [3.63, 3.8) is 0 Å². The lowest BCUT2D eigenvalue weighted by molar-refractivity contribution is -0.160. The van der Waals surface area contributed by atoms with Gasteiger partial charge in [0.05, 0.1) is 0 Å². The van der Waals surface area contributed by atoms with Gasteiger partial charge in [0, 0.05) is 38.5 Å². The van der Waals surface area contributed by atoms with Crippen molar-refractivity contribution in [1.82, 2.24) is 21.3 Å². The molecule has 0 aromatic rings. The van der Waals surface area contributed by atoms with E-state index >= 15 is 0 Å². The minimum atomic E-state index is -1.51. The molecule has 20 heteroatoms. The molecule has 4 amide bonds. The van der Waals surface area contributed by atoms with Crippen LogP contribution in [-0.2, 0) is 66.9 Å². The van der Waals surface area contributed by atoms with Crippen LogP contribution in [0.2, 0.25) is 0 Å². The number of hydrogen-bond donors (Lipinski definition) is 6. The predicted molar refractivity (Wildman–Crippen MR) is 259 cm³/mol. The minimum Gasteiger partial charge on any atom is -0.481 e. The van der Waals surface area contributed by atoms with Crippen molar-refractivity contribution in [3.8, 4) is 0 Å². The smallest absolute Gasteiger partial charge is 0.329 e. The van der Waals surface area contributed by atoms with E-state index in [-0.39, 0.29) is 50.4 Å². The largest absolute Gasteiger partial charge is 0.481 e. The van der Waals surface area contributed by atoms with Gasteiger partial charge >= 0.3 is 35.8 Å². The molecule has 0 bridgehead atoms. The van der Waals surface area contributed by atoms with Gasteiger partial charge in [-0.05, 0) is 122 Å². The second kappa shape index (κ2) is 31.8. The van der Waals surface area contributed by atoms with Crippen LogP contribution in [0.1, 0.15) is 212 Å². The number of ether oxygens (including phenoxy) is 4. The van der Waals surface area contributed by atoms with Crippen LogP contribution in [0.3, 0.4) is 0 Å². The highest BCUT2D eigenvalue weighted by molar-refractivity contribution is 5.89. The van der Waals surface area contributed by atoms with Crippen LogP contribution < -0.4 is 21.3 Å². The molecule has 0 aromatic carbocycles. The molecule has 20 nitrogen and oxygen atoms in total. The summed E-state index contributed by atoms with van der Waals surface area (Å²) in [6, 6.07) is -5.45. The Bertz CT molecular complexity index is 1720. The van der Waals surface area contributed by atoms with E-state index in [2.05, 4.69) is 21.3 Å². The monoisotopic (exact) mass is 999 g/mol. The molecule has 0 spiro atoms. The van der Waals surface area contributed by atoms with Gasteiger partial charge in [-0.1, -0.05) is 51.4 Å². The second-order valence-electron chi connectivity index (χ2n) is 21.6. The van der Waals surface area contributed by atoms with E-state index in [1.165, 1.54) is 0 Å². The topological polar surface area (TPSA) is 296 Å². The Hall–Kier alpha value is -5.30. The summed E-state index contributed by atoms with van der Waals surface area (Å²) in [7, 11) is 0. The zero-order valence-corrected chi connectivity index (χ0v) is 44.1. The van der Waals surface area contributed by atoms with E-state index < -0.39 is 113 Å². The first-order chi connectivity index (χ1) is 32.2. The first kappa shape index (κ1) is 64.7. The highest BCUT2D eigenvalue weighted by atomic mass is 16.6. The van der Waals surface area contributed by atoms with Gasteiger partial charge in [-0.2, -0.15) is 0 Å². The Morgan fingerprint density at radius 2 is 0.600 bits per heavy atom. The Labute approximate surface area is 414 Å². The number of rotatable bonds is 33. The van der Waals surface area contributed by atoms with E-state index in [1.54, 1.807) is 62.3 Å². The molecule has 0 aliphatic carbocycles. The summed E-state index contributed by atoms with van der Waals surface area (Å²) in [5.41, 5.74) is -3.35. The minimum absolute atomic E-state index is 0.160. The summed E-state index contributed by atoms with van der Waals surface area (Å²) in [6.07, 6.45) is 7.15. The summed E-state index contributed by atoms with van der Waals surface area (Å²) in [6.45, 7) is 20.2. The molecule has 0 fully saturated rings. The van der Waals surface area contributed by atoms with Gasteiger partial charge in [0.1, 0.15) is 46.6 Å². The Balaban J connectivity index is 5.51. The number of carbonyl (C=O) groups is 10. The van der Waals surface area contributed by atoms with Gasteiger partial charge < -0.3 is 50.4 Å². The fraction of sp³-hybridized carbons (Fsp3) is 0.800.